The zero-order chi connectivity index (χ0) is 18.5. The fraction of sp³-hybridized carbons (Fsp3) is 0.167. The summed E-state index contributed by atoms with van der Waals surface area (Å²) in [5.74, 6) is 0.722. The Kier molecular flexibility index (Phi) is 5.02. The number of para-hydroxylation sites is 1. The van der Waals surface area contributed by atoms with Crippen molar-refractivity contribution in [3.05, 3.63) is 70.2 Å². The molecular formula is C18H18N6O2. The van der Waals surface area contributed by atoms with E-state index in [1.54, 1.807) is 12.3 Å². The number of nitrogens with one attached hydrogen (secondary N) is 2. The monoisotopic (exact) mass is 350 g/mol. The first kappa shape index (κ1) is 17.3. The second kappa shape index (κ2) is 7.56. The molecule has 0 unspecified atom stereocenters. The summed E-state index contributed by atoms with van der Waals surface area (Å²) in [6.45, 7) is 3.88. The molecule has 26 heavy (non-hydrogen) atoms. The van der Waals surface area contributed by atoms with Gasteiger partial charge in [-0.15, -0.1) is 0 Å². The van der Waals surface area contributed by atoms with E-state index >= 15 is 0 Å². The molecule has 1 aromatic carbocycles. The molecule has 0 aliphatic carbocycles. The largest absolute Gasteiger partial charge is 0.353 e. The Morgan fingerprint density at radius 2 is 1.73 bits per heavy atom. The highest BCUT2D eigenvalue weighted by molar-refractivity contribution is 5.77. The number of nitrogens with zero attached hydrogens (tertiary/aromatic N) is 4. The van der Waals surface area contributed by atoms with Crippen molar-refractivity contribution >= 4 is 28.8 Å². The number of aromatic nitrogens is 3. The zero-order valence-corrected chi connectivity index (χ0v) is 14.4. The van der Waals surface area contributed by atoms with Crippen LogP contribution >= 0.6 is 0 Å². The summed E-state index contributed by atoms with van der Waals surface area (Å²) in [5, 5.41) is 17.7. The van der Waals surface area contributed by atoms with Gasteiger partial charge in [0.25, 0.3) is 0 Å². The molecule has 132 valence electrons. The fourth-order valence-corrected chi connectivity index (χ4v) is 2.54. The van der Waals surface area contributed by atoms with E-state index in [2.05, 4.69) is 25.6 Å². The molecule has 3 aromatic rings. The summed E-state index contributed by atoms with van der Waals surface area (Å²) in [5.41, 5.74) is 2.43. The van der Waals surface area contributed by atoms with Crippen LogP contribution in [0.5, 0.6) is 0 Å². The molecule has 0 bridgehead atoms. The Morgan fingerprint density at radius 3 is 2.42 bits per heavy atom. The Hall–Kier alpha value is -3.55. The van der Waals surface area contributed by atoms with Crippen molar-refractivity contribution in [3.8, 4) is 0 Å². The van der Waals surface area contributed by atoms with E-state index in [4.69, 9.17) is 0 Å². The van der Waals surface area contributed by atoms with Crippen LogP contribution in [-0.2, 0) is 6.42 Å². The van der Waals surface area contributed by atoms with Gasteiger partial charge in [0, 0.05) is 11.9 Å². The molecule has 8 heteroatoms. The zero-order valence-electron chi connectivity index (χ0n) is 14.4. The van der Waals surface area contributed by atoms with E-state index in [9.17, 15) is 10.1 Å². The highest BCUT2D eigenvalue weighted by Crippen LogP contribution is 2.33. The summed E-state index contributed by atoms with van der Waals surface area (Å²) in [4.78, 5) is 23.5. The second-order valence-electron chi connectivity index (χ2n) is 5.61. The molecule has 0 saturated carbocycles. The molecule has 0 aliphatic heterocycles. The van der Waals surface area contributed by atoms with Crippen molar-refractivity contribution in [2.75, 3.05) is 10.6 Å². The molecule has 8 nitrogen and oxygen atoms in total. The molecule has 0 fully saturated rings. The van der Waals surface area contributed by atoms with Gasteiger partial charge >= 0.3 is 5.69 Å². The average molecular weight is 350 g/mol. The van der Waals surface area contributed by atoms with Crippen LogP contribution in [-0.4, -0.2) is 19.9 Å². The van der Waals surface area contributed by atoms with Gasteiger partial charge in [-0.25, -0.2) is 15.0 Å². The van der Waals surface area contributed by atoms with Crippen molar-refractivity contribution in [1.29, 1.82) is 0 Å². The predicted octanol–water partition coefficient (Wildman–Crippen LogP) is 4.14. The van der Waals surface area contributed by atoms with Crippen LogP contribution in [0.3, 0.4) is 0 Å². The Bertz CT molecular complexity index is 944. The number of aryl methyl sites for hydroxylation is 2. The van der Waals surface area contributed by atoms with Crippen LogP contribution in [0, 0.1) is 17.0 Å². The first-order chi connectivity index (χ1) is 12.6. The van der Waals surface area contributed by atoms with Gasteiger partial charge in [0.15, 0.2) is 0 Å². The maximum atomic E-state index is 11.7. The van der Waals surface area contributed by atoms with Crippen molar-refractivity contribution in [1.82, 2.24) is 15.0 Å². The Balaban J connectivity index is 2.01. The maximum absolute atomic E-state index is 11.7. The van der Waals surface area contributed by atoms with E-state index in [1.807, 2.05) is 44.2 Å². The SMILES string of the molecule is CCc1ccccc1Nc1ncnc(Nc2ncccc2C)c1[N+](=O)[O-]. The highest BCUT2D eigenvalue weighted by Gasteiger charge is 2.24. The van der Waals surface area contributed by atoms with Crippen molar-refractivity contribution in [2.45, 2.75) is 20.3 Å². The summed E-state index contributed by atoms with van der Waals surface area (Å²) in [6.07, 6.45) is 3.68. The standard InChI is InChI=1S/C18H18N6O2/c1-3-13-8-4-5-9-14(13)22-17-15(24(25)26)18(21-11-20-17)23-16-12(2)7-6-10-19-16/h4-11H,3H2,1-2H3,(H2,19,20,21,22,23). The number of benzene rings is 1. The highest BCUT2D eigenvalue weighted by atomic mass is 16.6. The molecule has 0 aliphatic rings. The third kappa shape index (κ3) is 3.59. The fourth-order valence-electron chi connectivity index (χ4n) is 2.54. The van der Waals surface area contributed by atoms with E-state index in [0.717, 1.165) is 23.2 Å². The van der Waals surface area contributed by atoms with Gasteiger partial charge < -0.3 is 10.6 Å². The van der Waals surface area contributed by atoms with Gasteiger partial charge in [-0.3, -0.25) is 10.1 Å². The third-order valence-corrected chi connectivity index (χ3v) is 3.90. The molecule has 0 amide bonds. The van der Waals surface area contributed by atoms with Gasteiger partial charge in [-0.1, -0.05) is 31.2 Å². The molecule has 3 rings (SSSR count). The van der Waals surface area contributed by atoms with Gasteiger partial charge in [0.2, 0.25) is 11.6 Å². The van der Waals surface area contributed by atoms with Gasteiger partial charge in [0.05, 0.1) is 4.92 Å². The van der Waals surface area contributed by atoms with E-state index in [0.29, 0.717) is 5.82 Å². The molecule has 0 atom stereocenters. The lowest BCUT2D eigenvalue weighted by Crippen LogP contribution is -2.07. The first-order valence-corrected chi connectivity index (χ1v) is 8.13. The van der Waals surface area contributed by atoms with Crippen LogP contribution in [0.2, 0.25) is 0 Å². The van der Waals surface area contributed by atoms with Crippen molar-refractivity contribution in [2.24, 2.45) is 0 Å². The number of nitro groups is 1. The van der Waals surface area contributed by atoms with Crippen LogP contribution in [0.25, 0.3) is 0 Å². The summed E-state index contributed by atoms with van der Waals surface area (Å²) >= 11 is 0. The molecule has 0 spiro atoms. The topological polar surface area (TPSA) is 106 Å². The van der Waals surface area contributed by atoms with Crippen LogP contribution in [0.1, 0.15) is 18.1 Å². The van der Waals surface area contributed by atoms with E-state index in [1.165, 1.54) is 6.33 Å². The van der Waals surface area contributed by atoms with E-state index < -0.39 is 4.92 Å². The molecular weight excluding hydrogens is 332 g/mol. The number of anilines is 4. The van der Waals surface area contributed by atoms with Crippen LogP contribution in [0.4, 0.5) is 28.8 Å². The van der Waals surface area contributed by atoms with Gasteiger partial charge in [0.1, 0.15) is 12.1 Å². The number of hydrogen-bond donors (Lipinski definition) is 2. The van der Waals surface area contributed by atoms with Crippen molar-refractivity contribution in [3.63, 3.8) is 0 Å². The minimum atomic E-state index is -0.502. The molecule has 2 N–H and O–H groups in total. The lowest BCUT2D eigenvalue weighted by molar-refractivity contribution is -0.383. The van der Waals surface area contributed by atoms with Crippen LogP contribution in [0.15, 0.2) is 48.9 Å². The lowest BCUT2D eigenvalue weighted by Gasteiger charge is -2.12. The van der Waals surface area contributed by atoms with Gasteiger partial charge in [-0.05, 0) is 36.6 Å². The van der Waals surface area contributed by atoms with Gasteiger partial charge in [-0.2, -0.15) is 0 Å². The lowest BCUT2D eigenvalue weighted by atomic mass is 10.1. The minimum Gasteiger partial charge on any atom is -0.334 e. The molecule has 2 heterocycles. The second-order valence-corrected chi connectivity index (χ2v) is 5.61. The molecule has 0 radical (unpaired) electrons. The normalized spacial score (nSPS) is 10.4. The predicted molar refractivity (Wildman–Crippen MR) is 100 cm³/mol. The molecule has 0 saturated heterocycles. The number of pyridine rings is 1. The summed E-state index contributed by atoms with van der Waals surface area (Å²) in [6, 6.07) is 11.3. The van der Waals surface area contributed by atoms with Crippen LogP contribution < -0.4 is 10.6 Å². The maximum Gasteiger partial charge on any atom is 0.353 e. The third-order valence-electron chi connectivity index (χ3n) is 3.90. The number of hydrogen-bond acceptors (Lipinski definition) is 7. The summed E-state index contributed by atoms with van der Waals surface area (Å²) < 4.78 is 0. The Morgan fingerprint density at radius 1 is 1.00 bits per heavy atom. The number of rotatable bonds is 6. The molecule has 2 aromatic heterocycles. The minimum absolute atomic E-state index is 0.0864. The smallest absolute Gasteiger partial charge is 0.334 e. The first-order valence-electron chi connectivity index (χ1n) is 8.13. The average Bonchev–Trinajstić information content (AvgIpc) is 2.64. The Labute approximate surface area is 150 Å². The van der Waals surface area contributed by atoms with Crippen molar-refractivity contribution < 1.29 is 4.92 Å². The summed E-state index contributed by atoms with van der Waals surface area (Å²) in [7, 11) is 0. The van der Waals surface area contributed by atoms with E-state index in [-0.39, 0.29) is 17.3 Å². The quantitative estimate of drug-likeness (QED) is 0.508.